The van der Waals surface area contributed by atoms with E-state index in [0.717, 1.165) is 17.3 Å². The number of hydrogen-bond acceptors (Lipinski definition) is 4. The van der Waals surface area contributed by atoms with Crippen molar-refractivity contribution >= 4 is 46.7 Å². The van der Waals surface area contributed by atoms with E-state index in [-0.39, 0.29) is 24.2 Å². The second-order valence-corrected chi connectivity index (χ2v) is 9.53. The molecule has 0 aliphatic heterocycles. The molecule has 4 nitrogen and oxygen atoms in total. The third-order valence-electron chi connectivity index (χ3n) is 5.44. The molecule has 29 heavy (non-hydrogen) atoms. The van der Waals surface area contributed by atoms with Gasteiger partial charge >= 0.3 is 187 Å². The van der Waals surface area contributed by atoms with Crippen molar-refractivity contribution in [2.24, 2.45) is 17.8 Å². The minimum absolute atomic E-state index is 0.0484. The monoisotopic (exact) mass is 479 g/mol. The van der Waals surface area contributed by atoms with Gasteiger partial charge in [-0.05, 0) is 0 Å². The summed E-state index contributed by atoms with van der Waals surface area (Å²) in [7, 11) is 5.81. The first-order valence-electron chi connectivity index (χ1n) is 10.1. The van der Waals surface area contributed by atoms with E-state index in [1.165, 1.54) is 4.88 Å². The molecule has 0 saturated heterocycles. The van der Waals surface area contributed by atoms with Gasteiger partial charge in [0, 0.05) is 0 Å². The van der Waals surface area contributed by atoms with Crippen molar-refractivity contribution in [3.63, 3.8) is 0 Å². The van der Waals surface area contributed by atoms with Gasteiger partial charge in [-0.1, -0.05) is 0 Å². The molecule has 7 heteroatoms. The Morgan fingerprint density at radius 3 is 2.86 bits per heavy atom. The van der Waals surface area contributed by atoms with E-state index in [1.807, 2.05) is 29.7 Å². The van der Waals surface area contributed by atoms with Gasteiger partial charge < -0.3 is 0 Å². The van der Waals surface area contributed by atoms with Gasteiger partial charge in [-0.25, -0.2) is 0 Å². The van der Waals surface area contributed by atoms with Crippen LogP contribution in [0.3, 0.4) is 0 Å². The van der Waals surface area contributed by atoms with E-state index in [1.54, 1.807) is 17.3 Å². The topological polar surface area (TPSA) is 77.8 Å². The zero-order valence-corrected chi connectivity index (χ0v) is 18.9. The van der Waals surface area contributed by atoms with Gasteiger partial charge in [0.05, 0.1) is 0 Å². The molecule has 2 rings (SSSR count). The molecule has 0 bridgehead atoms. The Kier molecular flexibility index (Phi) is 10.6. The van der Waals surface area contributed by atoms with Crippen LogP contribution in [0, 0.1) is 17.8 Å². The molecule has 157 valence electrons. The molecule has 1 aromatic heterocycles. The number of carboxylic acids is 1. The predicted molar refractivity (Wildman–Crippen MR) is 124 cm³/mol. The predicted octanol–water partition coefficient (Wildman–Crippen LogP) is 4.15. The first kappa shape index (κ1) is 24.3. The number of carboxylic acid groups (broad SMARTS) is 1. The number of aryl methyl sites for hydroxylation is 1. The van der Waals surface area contributed by atoms with Crippen LogP contribution in [0.1, 0.15) is 43.4 Å². The molecule has 1 saturated carbocycles. The second-order valence-electron chi connectivity index (χ2n) is 7.62. The Balaban J connectivity index is 1.87. The van der Waals surface area contributed by atoms with Crippen molar-refractivity contribution in [3.05, 3.63) is 45.1 Å². The van der Waals surface area contributed by atoms with Gasteiger partial charge in [-0.2, -0.15) is 0 Å². The number of halogens is 1. The number of carbonyl (C=O) groups is 1. The summed E-state index contributed by atoms with van der Waals surface area (Å²) in [5.74, 6) is 1.11. The number of rotatable bonds is 12. The summed E-state index contributed by atoms with van der Waals surface area (Å²) in [6, 6.07) is 2.08. The molecule has 1 radical (unpaired) electrons. The molecule has 0 spiro atoms. The van der Waals surface area contributed by atoms with Crippen molar-refractivity contribution in [2.75, 3.05) is 0 Å². The zero-order valence-electron chi connectivity index (χ0n) is 16.5. The summed E-state index contributed by atoms with van der Waals surface area (Å²) in [4.78, 5) is 11.8. The molecule has 1 aliphatic carbocycles. The quantitative estimate of drug-likeness (QED) is 0.239. The van der Waals surface area contributed by atoms with Crippen LogP contribution in [-0.2, 0) is 11.2 Å². The fraction of sp³-hybridized carbons (Fsp3) is 0.545. The molecular formula is C22H29BBrO4S. The normalized spacial score (nSPS) is 25.7. The molecule has 1 heterocycles. The Bertz CT molecular complexity index is 717. The van der Waals surface area contributed by atoms with Gasteiger partial charge in [0.15, 0.2) is 0 Å². The number of aliphatic hydroxyl groups excluding tert-OH is 2. The average Bonchev–Trinajstić information content (AvgIpc) is 3.23. The van der Waals surface area contributed by atoms with E-state index in [9.17, 15) is 15.0 Å². The summed E-state index contributed by atoms with van der Waals surface area (Å²) in [5, 5.41) is 31.5. The van der Waals surface area contributed by atoms with Gasteiger partial charge in [-0.15, -0.1) is 0 Å². The molecule has 5 atom stereocenters. The summed E-state index contributed by atoms with van der Waals surface area (Å²) < 4.78 is 1.07. The molecule has 1 fully saturated rings. The van der Waals surface area contributed by atoms with Crippen molar-refractivity contribution in [1.82, 2.24) is 0 Å². The first-order valence-corrected chi connectivity index (χ1v) is 11.8. The molecular weight excluding hydrogens is 451 g/mol. The number of thiophene rings is 1. The van der Waals surface area contributed by atoms with Crippen LogP contribution in [0.15, 0.2) is 40.2 Å². The van der Waals surface area contributed by atoms with Crippen LogP contribution < -0.4 is 0 Å². The molecule has 1 aliphatic rings. The van der Waals surface area contributed by atoms with E-state index in [0.29, 0.717) is 25.7 Å². The van der Waals surface area contributed by atoms with E-state index in [4.69, 9.17) is 12.6 Å². The fourth-order valence-corrected chi connectivity index (χ4v) is 5.33. The van der Waals surface area contributed by atoms with Crippen molar-refractivity contribution in [1.29, 1.82) is 0 Å². The maximum atomic E-state index is 10.5. The summed E-state index contributed by atoms with van der Waals surface area (Å²) >= 11 is 5.12. The molecule has 1 aromatic rings. The van der Waals surface area contributed by atoms with Crippen LogP contribution in [0.4, 0.5) is 0 Å². The number of aliphatic hydroxyl groups is 2. The van der Waals surface area contributed by atoms with Crippen LogP contribution in [0.5, 0.6) is 0 Å². The molecule has 1 unspecified atom stereocenters. The van der Waals surface area contributed by atoms with Crippen molar-refractivity contribution in [3.8, 4) is 0 Å². The zero-order chi connectivity index (χ0) is 21.2. The Morgan fingerprint density at radius 1 is 1.41 bits per heavy atom. The standard InChI is InChI=1S/C22H29BBrO4S/c23-13-15-11-21(26)20(5-3-1-2-4-6-22(27)28)19(15)10-8-17(25)7-9-18-12-16(24)14-29-18/h1,3,8,10,12-15,17,19-21,25-26H,2,4-7,9,11H2,(H,27,28)/b3-1-,10-8+/t15-,17-,19-,20+,21?/m0/s1. The number of aliphatic carboxylic acids is 1. The Labute approximate surface area is 186 Å². The van der Waals surface area contributed by atoms with Gasteiger partial charge in [0.2, 0.25) is 0 Å². The van der Waals surface area contributed by atoms with Gasteiger partial charge in [0.1, 0.15) is 0 Å². The van der Waals surface area contributed by atoms with Crippen molar-refractivity contribution < 1.29 is 20.1 Å². The van der Waals surface area contributed by atoms with Gasteiger partial charge in [-0.3, -0.25) is 0 Å². The maximum absolute atomic E-state index is 10.5. The number of unbranched alkanes of at least 4 members (excludes halogenated alkanes) is 1. The van der Waals surface area contributed by atoms with E-state index >= 15 is 0 Å². The molecule has 0 amide bonds. The van der Waals surface area contributed by atoms with Crippen LogP contribution in [0.2, 0.25) is 0 Å². The summed E-state index contributed by atoms with van der Waals surface area (Å²) in [6.07, 6.45) is 11.2. The van der Waals surface area contributed by atoms with E-state index < -0.39 is 18.2 Å². The van der Waals surface area contributed by atoms with Gasteiger partial charge in [0.25, 0.3) is 0 Å². The summed E-state index contributed by atoms with van der Waals surface area (Å²) in [5.41, 5.74) is 0. The second kappa shape index (κ2) is 12.6. The van der Waals surface area contributed by atoms with Crippen LogP contribution >= 0.6 is 27.3 Å². The average molecular weight is 480 g/mol. The Morgan fingerprint density at radius 2 is 2.21 bits per heavy atom. The Hall–Kier alpha value is -1.02. The molecule has 0 aromatic carbocycles. The SMILES string of the molecule is [B]=C[C@@H]1CC(O)[C@H](C/C=C\CCCC(=O)O)[C@H]1/C=C/[C@@H](O)CCc1cc(Br)cs1. The minimum atomic E-state index is -0.776. The first-order chi connectivity index (χ1) is 13.9. The third kappa shape index (κ3) is 8.32. The van der Waals surface area contributed by atoms with Crippen LogP contribution in [0.25, 0.3) is 0 Å². The van der Waals surface area contributed by atoms with Crippen LogP contribution in [-0.4, -0.2) is 47.0 Å². The van der Waals surface area contributed by atoms with Crippen molar-refractivity contribution in [2.45, 2.75) is 57.2 Å². The number of allylic oxidation sites excluding steroid dienone is 3. The fourth-order valence-electron chi connectivity index (χ4n) is 3.86. The number of hydrogen-bond donors (Lipinski definition) is 3. The summed E-state index contributed by atoms with van der Waals surface area (Å²) in [6.45, 7) is 0. The third-order valence-corrected chi connectivity index (χ3v) is 7.20. The van der Waals surface area contributed by atoms with E-state index in [2.05, 4.69) is 22.0 Å². The molecule has 3 N–H and O–H groups in total.